The number of anilines is 1. The van der Waals surface area contributed by atoms with Crippen molar-refractivity contribution in [2.75, 3.05) is 5.32 Å². The van der Waals surface area contributed by atoms with Crippen LogP contribution in [0.4, 0.5) is 14.9 Å². The van der Waals surface area contributed by atoms with Crippen molar-refractivity contribution in [1.29, 1.82) is 0 Å². The normalized spacial score (nSPS) is 11.7. The van der Waals surface area contributed by atoms with Crippen molar-refractivity contribution < 1.29 is 19.1 Å². The van der Waals surface area contributed by atoms with Gasteiger partial charge >= 0.3 is 12.0 Å². The molecule has 3 N–H and O–H groups in total. The van der Waals surface area contributed by atoms with Gasteiger partial charge in [0.25, 0.3) is 0 Å². The molecule has 0 fully saturated rings. The van der Waals surface area contributed by atoms with Gasteiger partial charge in [-0.05, 0) is 25.5 Å². The molecule has 0 aliphatic carbocycles. The lowest BCUT2D eigenvalue weighted by Gasteiger charge is -2.14. The first-order valence-corrected chi connectivity index (χ1v) is 6.01. The third-order valence-electron chi connectivity index (χ3n) is 2.37. The molecule has 0 radical (unpaired) electrons. The summed E-state index contributed by atoms with van der Waals surface area (Å²) in [5.74, 6) is -1.65. The van der Waals surface area contributed by atoms with E-state index in [2.05, 4.69) is 10.6 Å². The van der Waals surface area contributed by atoms with Gasteiger partial charge in [0.1, 0.15) is 0 Å². The Bertz CT molecular complexity index is 482. The molecule has 7 heteroatoms. The smallest absolute Gasteiger partial charge is 0.319 e. The van der Waals surface area contributed by atoms with Crippen LogP contribution in [0.15, 0.2) is 18.2 Å². The van der Waals surface area contributed by atoms with Gasteiger partial charge in [0.05, 0.1) is 10.7 Å². The highest BCUT2D eigenvalue weighted by Crippen LogP contribution is 2.21. The van der Waals surface area contributed by atoms with Gasteiger partial charge < -0.3 is 15.7 Å². The Labute approximate surface area is 114 Å². The molecule has 0 spiro atoms. The van der Waals surface area contributed by atoms with Crippen molar-refractivity contribution >= 4 is 29.3 Å². The quantitative estimate of drug-likeness (QED) is 0.779. The average molecular weight is 289 g/mol. The van der Waals surface area contributed by atoms with E-state index in [1.54, 1.807) is 6.92 Å². The number of hydrogen-bond acceptors (Lipinski definition) is 2. The second-order valence-electron chi connectivity index (χ2n) is 4.03. The Kier molecular flexibility index (Phi) is 5.57. The highest BCUT2D eigenvalue weighted by atomic mass is 35.5. The summed E-state index contributed by atoms with van der Waals surface area (Å²) in [6.45, 7) is 1.66. The van der Waals surface area contributed by atoms with Crippen molar-refractivity contribution in [3.05, 3.63) is 29.0 Å². The van der Waals surface area contributed by atoms with Gasteiger partial charge in [0.2, 0.25) is 0 Å². The van der Waals surface area contributed by atoms with Crippen LogP contribution >= 0.6 is 11.6 Å². The summed E-state index contributed by atoms with van der Waals surface area (Å²) in [6, 6.07) is 3.31. The van der Waals surface area contributed by atoms with E-state index < -0.39 is 17.8 Å². The molecule has 0 saturated carbocycles. The van der Waals surface area contributed by atoms with Gasteiger partial charge in [-0.2, -0.15) is 0 Å². The Hall–Kier alpha value is -1.82. The molecule has 0 aliphatic rings. The maximum Gasteiger partial charge on any atom is 0.319 e. The van der Waals surface area contributed by atoms with Gasteiger partial charge in [-0.3, -0.25) is 4.79 Å². The van der Waals surface area contributed by atoms with Crippen molar-refractivity contribution in [2.45, 2.75) is 25.8 Å². The van der Waals surface area contributed by atoms with Gasteiger partial charge in [-0.25, -0.2) is 9.18 Å². The van der Waals surface area contributed by atoms with Crippen LogP contribution < -0.4 is 10.6 Å². The van der Waals surface area contributed by atoms with Crippen molar-refractivity contribution in [2.24, 2.45) is 0 Å². The molecule has 19 heavy (non-hydrogen) atoms. The molecule has 1 aromatic carbocycles. The third kappa shape index (κ3) is 5.13. The number of carboxylic acid groups (broad SMARTS) is 1. The van der Waals surface area contributed by atoms with E-state index in [1.165, 1.54) is 18.2 Å². The molecule has 0 bridgehead atoms. The predicted octanol–water partition coefficient (Wildman–Crippen LogP) is 2.85. The standard InChI is InChI=1S/C12H14ClFN2O3/c1-7(5-6-10(17)18)15-12(19)16-9-4-2-3-8(13)11(9)14/h2-4,7H,5-6H2,1H3,(H,17,18)(H2,15,16,19). The zero-order valence-corrected chi connectivity index (χ0v) is 11.0. The fourth-order valence-corrected chi connectivity index (χ4v) is 1.57. The van der Waals surface area contributed by atoms with Gasteiger partial charge in [0.15, 0.2) is 5.82 Å². The zero-order chi connectivity index (χ0) is 14.4. The summed E-state index contributed by atoms with van der Waals surface area (Å²) in [5.41, 5.74) is -0.0320. The number of benzene rings is 1. The van der Waals surface area contributed by atoms with Gasteiger partial charge in [-0.1, -0.05) is 17.7 Å². The van der Waals surface area contributed by atoms with E-state index in [0.717, 1.165) is 0 Å². The second-order valence-corrected chi connectivity index (χ2v) is 4.44. The molecule has 1 atom stereocenters. The van der Waals surface area contributed by atoms with E-state index in [1.807, 2.05) is 0 Å². The van der Waals surface area contributed by atoms with Crippen LogP contribution in [0, 0.1) is 5.82 Å². The highest BCUT2D eigenvalue weighted by Gasteiger charge is 2.12. The number of urea groups is 1. The number of halogens is 2. The van der Waals surface area contributed by atoms with E-state index in [0.29, 0.717) is 6.42 Å². The topological polar surface area (TPSA) is 78.4 Å². The number of carbonyl (C=O) groups is 2. The minimum atomic E-state index is -0.935. The number of rotatable bonds is 5. The van der Waals surface area contributed by atoms with E-state index in [4.69, 9.17) is 16.7 Å². The van der Waals surface area contributed by atoms with Crippen LogP contribution in [0.1, 0.15) is 19.8 Å². The van der Waals surface area contributed by atoms with Crippen molar-refractivity contribution in [3.8, 4) is 0 Å². The number of carboxylic acids is 1. The monoisotopic (exact) mass is 288 g/mol. The Morgan fingerprint density at radius 3 is 2.79 bits per heavy atom. The first-order chi connectivity index (χ1) is 8.90. The first kappa shape index (κ1) is 15.2. The van der Waals surface area contributed by atoms with Gasteiger partial charge in [0, 0.05) is 12.5 Å². The van der Waals surface area contributed by atoms with Crippen molar-refractivity contribution in [3.63, 3.8) is 0 Å². The fourth-order valence-electron chi connectivity index (χ4n) is 1.39. The molecule has 1 aromatic rings. The maximum absolute atomic E-state index is 13.5. The molecule has 1 unspecified atom stereocenters. The molecule has 104 valence electrons. The first-order valence-electron chi connectivity index (χ1n) is 5.63. The van der Waals surface area contributed by atoms with E-state index in [-0.39, 0.29) is 23.2 Å². The number of amides is 2. The molecule has 5 nitrogen and oxygen atoms in total. The summed E-state index contributed by atoms with van der Waals surface area (Å²) in [4.78, 5) is 21.9. The average Bonchev–Trinajstić information content (AvgIpc) is 2.32. The summed E-state index contributed by atoms with van der Waals surface area (Å²) >= 11 is 5.58. The fraction of sp³-hybridized carbons (Fsp3) is 0.333. The van der Waals surface area contributed by atoms with Crippen LogP contribution in [0.5, 0.6) is 0 Å². The Balaban J connectivity index is 2.51. The molecule has 0 aliphatic heterocycles. The van der Waals surface area contributed by atoms with Crippen LogP contribution in [0.2, 0.25) is 5.02 Å². The molecular weight excluding hydrogens is 275 g/mol. The minimum Gasteiger partial charge on any atom is -0.481 e. The number of aliphatic carboxylic acids is 1. The number of nitrogens with one attached hydrogen (secondary N) is 2. The van der Waals surface area contributed by atoms with Crippen LogP contribution in [-0.4, -0.2) is 23.1 Å². The summed E-state index contributed by atoms with van der Waals surface area (Å²) in [5, 5.41) is 13.2. The van der Waals surface area contributed by atoms with Gasteiger partial charge in [-0.15, -0.1) is 0 Å². The largest absolute Gasteiger partial charge is 0.481 e. The molecular formula is C12H14ClFN2O3. The summed E-state index contributed by atoms with van der Waals surface area (Å²) in [6.07, 6.45) is 0.244. The SMILES string of the molecule is CC(CCC(=O)O)NC(=O)Nc1cccc(Cl)c1F. The van der Waals surface area contributed by atoms with E-state index >= 15 is 0 Å². The highest BCUT2D eigenvalue weighted by molar-refractivity contribution is 6.31. The number of carbonyl (C=O) groups excluding carboxylic acids is 1. The lowest BCUT2D eigenvalue weighted by Crippen LogP contribution is -2.36. The number of hydrogen-bond donors (Lipinski definition) is 3. The lowest BCUT2D eigenvalue weighted by molar-refractivity contribution is -0.137. The van der Waals surface area contributed by atoms with E-state index in [9.17, 15) is 14.0 Å². The molecule has 1 rings (SSSR count). The summed E-state index contributed by atoms with van der Waals surface area (Å²) in [7, 11) is 0. The minimum absolute atomic E-state index is 0.0320. The second kappa shape index (κ2) is 6.94. The molecule has 0 saturated heterocycles. The maximum atomic E-state index is 13.5. The molecule has 2 amide bonds. The van der Waals surface area contributed by atoms with Crippen LogP contribution in [0.3, 0.4) is 0 Å². The van der Waals surface area contributed by atoms with Crippen LogP contribution in [0.25, 0.3) is 0 Å². The predicted molar refractivity (Wildman–Crippen MR) is 69.9 cm³/mol. The Morgan fingerprint density at radius 2 is 2.16 bits per heavy atom. The summed E-state index contributed by atoms with van der Waals surface area (Å²) < 4.78 is 13.5. The van der Waals surface area contributed by atoms with Crippen LogP contribution in [-0.2, 0) is 4.79 Å². The molecule has 0 aromatic heterocycles. The Morgan fingerprint density at radius 1 is 1.47 bits per heavy atom. The molecule has 0 heterocycles. The zero-order valence-electron chi connectivity index (χ0n) is 10.2. The lowest BCUT2D eigenvalue weighted by atomic mass is 10.2. The third-order valence-corrected chi connectivity index (χ3v) is 2.66. The van der Waals surface area contributed by atoms with Crippen molar-refractivity contribution in [1.82, 2.24) is 5.32 Å².